The van der Waals surface area contributed by atoms with Crippen LogP contribution in [0.4, 0.5) is 0 Å². The van der Waals surface area contributed by atoms with Gasteiger partial charge in [-0.2, -0.15) is 5.26 Å². The number of allylic oxidation sites excluding steroid dienone is 1. The summed E-state index contributed by atoms with van der Waals surface area (Å²) in [6.45, 7) is 19.4. The zero-order valence-corrected chi connectivity index (χ0v) is 21.5. The van der Waals surface area contributed by atoms with E-state index in [-0.39, 0.29) is 13.3 Å². The molecule has 3 rings (SSSR count). The van der Waals surface area contributed by atoms with Crippen molar-refractivity contribution >= 4 is 23.2 Å². The van der Waals surface area contributed by atoms with Crippen molar-refractivity contribution in [3.8, 4) is 6.07 Å². The normalized spacial score (nSPS) is 14.2. The number of carbonyl (C=O) groups excluding carboxylic acids is 2. The number of benzene rings is 1. The number of hydrogen-bond donors (Lipinski definition) is 1. The molecule has 0 saturated carbocycles. The lowest BCUT2D eigenvalue weighted by molar-refractivity contribution is -0.137. The summed E-state index contributed by atoms with van der Waals surface area (Å²) in [5, 5.41) is 8.83. The summed E-state index contributed by atoms with van der Waals surface area (Å²) >= 11 is 0. The number of nitriles is 1. The van der Waals surface area contributed by atoms with Gasteiger partial charge in [0.2, 0.25) is 0 Å². The van der Waals surface area contributed by atoms with Crippen LogP contribution in [-0.4, -0.2) is 36.0 Å². The molecule has 0 atom stereocenters. The molecule has 1 aliphatic heterocycles. The molecule has 0 saturated heterocycles. The van der Waals surface area contributed by atoms with Gasteiger partial charge in [-0.3, -0.25) is 9.84 Å². The van der Waals surface area contributed by atoms with Gasteiger partial charge in [0, 0.05) is 11.3 Å². The monoisotopic (exact) mass is 484 g/mol. The maximum absolute atomic E-state index is 12.7. The van der Waals surface area contributed by atoms with Crippen LogP contribution in [0.15, 0.2) is 34.0 Å². The molecule has 1 aromatic carbocycles. The number of rotatable bonds is 6. The van der Waals surface area contributed by atoms with Crippen LogP contribution < -0.4 is 0 Å². The Labute approximate surface area is 210 Å². The Morgan fingerprint density at radius 1 is 1.03 bits per heavy atom. The average molecular weight is 485 g/mol. The Bertz CT molecular complexity index is 1430. The van der Waals surface area contributed by atoms with Crippen molar-refractivity contribution < 1.29 is 19.1 Å². The molecule has 1 aromatic heterocycles. The van der Waals surface area contributed by atoms with E-state index in [0.717, 1.165) is 27.8 Å². The Kier molecular flexibility index (Phi) is 7.60. The molecule has 0 amide bonds. The van der Waals surface area contributed by atoms with E-state index < -0.39 is 11.9 Å². The Balaban J connectivity index is 2.38. The van der Waals surface area contributed by atoms with Crippen LogP contribution in [0, 0.1) is 52.5 Å². The van der Waals surface area contributed by atoms with Gasteiger partial charge in [-0.05, 0) is 76.3 Å². The third-order valence-corrected chi connectivity index (χ3v) is 6.16. The van der Waals surface area contributed by atoms with Crippen molar-refractivity contribution in [2.45, 2.75) is 48.5 Å². The van der Waals surface area contributed by atoms with Gasteiger partial charge in [-0.15, -0.1) is 0 Å². The van der Waals surface area contributed by atoms with Crippen LogP contribution in [0.25, 0.3) is 10.4 Å². The first-order chi connectivity index (χ1) is 17.0. The number of nitrogens with one attached hydrogen (secondary N) is 1. The van der Waals surface area contributed by atoms with Crippen LogP contribution in [-0.2, 0) is 14.3 Å². The number of aromatic amines is 1. The molecule has 2 aromatic rings. The standard InChI is InChI=1S/C28H28N4O4/c1-14-11-15(2)21(16(3)12-14)24(25-17(4)22(19(6)31-25)27(33)35-10-9-29)26-18(5)23(20(7)32-26)28(34)36-13-30-8/h11-12,31H,10,13H2,1-7H3. The van der Waals surface area contributed by atoms with Gasteiger partial charge in [0.15, 0.2) is 6.61 Å². The lowest BCUT2D eigenvalue weighted by Crippen LogP contribution is -2.13. The van der Waals surface area contributed by atoms with Crippen molar-refractivity contribution in [3.63, 3.8) is 0 Å². The molecule has 184 valence electrons. The van der Waals surface area contributed by atoms with Crippen LogP contribution >= 0.6 is 0 Å². The van der Waals surface area contributed by atoms with Gasteiger partial charge in [-0.25, -0.2) is 16.2 Å². The van der Waals surface area contributed by atoms with E-state index in [9.17, 15) is 9.59 Å². The van der Waals surface area contributed by atoms with E-state index in [1.165, 1.54) is 0 Å². The van der Waals surface area contributed by atoms with Crippen molar-refractivity contribution in [3.05, 3.63) is 85.2 Å². The summed E-state index contributed by atoms with van der Waals surface area (Å²) in [7, 11) is 0. The summed E-state index contributed by atoms with van der Waals surface area (Å²) in [6.07, 6.45) is 0. The quantitative estimate of drug-likeness (QED) is 0.447. The summed E-state index contributed by atoms with van der Waals surface area (Å²) in [5.41, 5.74) is 9.13. The number of hydrogen-bond acceptors (Lipinski definition) is 6. The Morgan fingerprint density at radius 3 is 2.25 bits per heavy atom. The van der Waals surface area contributed by atoms with Gasteiger partial charge in [0.05, 0.1) is 28.2 Å². The number of aliphatic imine (C=N–C) groups is 1. The molecule has 2 heterocycles. The van der Waals surface area contributed by atoms with Gasteiger partial charge in [-0.1, -0.05) is 17.7 Å². The summed E-state index contributed by atoms with van der Waals surface area (Å²) in [4.78, 5) is 36.7. The summed E-state index contributed by atoms with van der Waals surface area (Å²) in [6, 6.07) is 5.97. The fraction of sp³-hybridized carbons (Fsp3) is 0.321. The molecule has 1 N–H and O–H groups in total. The second-order valence-electron chi connectivity index (χ2n) is 8.77. The number of ether oxygens (including phenoxy) is 2. The molecule has 0 bridgehead atoms. The highest BCUT2D eigenvalue weighted by molar-refractivity contribution is 6.22. The molecule has 0 unspecified atom stereocenters. The second kappa shape index (κ2) is 10.5. The van der Waals surface area contributed by atoms with Crippen LogP contribution in [0.2, 0.25) is 0 Å². The zero-order valence-electron chi connectivity index (χ0n) is 21.5. The van der Waals surface area contributed by atoms with Gasteiger partial charge in [0.1, 0.15) is 6.07 Å². The minimum atomic E-state index is -0.600. The minimum absolute atomic E-state index is 0.322. The van der Waals surface area contributed by atoms with Gasteiger partial charge in [0.25, 0.3) is 0 Å². The first-order valence-corrected chi connectivity index (χ1v) is 11.4. The Morgan fingerprint density at radius 2 is 1.67 bits per heavy atom. The van der Waals surface area contributed by atoms with Crippen LogP contribution in [0.1, 0.15) is 63.4 Å². The molecule has 0 fully saturated rings. The predicted molar refractivity (Wildman–Crippen MR) is 136 cm³/mol. The van der Waals surface area contributed by atoms with E-state index in [2.05, 4.69) is 22.0 Å². The van der Waals surface area contributed by atoms with E-state index in [1.54, 1.807) is 20.8 Å². The minimum Gasteiger partial charge on any atom is -0.447 e. The molecule has 8 heteroatoms. The molecule has 36 heavy (non-hydrogen) atoms. The number of H-pyrrole nitrogens is 1. The SMILES string of the molecule is [C-]#[N+]COC(=O)C1=C(C)C(=C(c2[nH]c(C)c(C(=O)OCC#N)c2C)c2c(C)cc(C)cc2C)N=C1C. The van der Waals surface area contributed by atoms with Crippen molar-refractivity contribution in [1.29, 1.82) is 5.26 Å². The number of esters is 2. The zero-order chi connectivity index (χ0) is 26.7. The predicted octanol–water partition coefficient (Wildman–Crippen LogP) is 5.21. The topological polar surface area (TPSA) is 109 Å². The third kappa shape index (κ3) is 4.71. The highest BCUT2D eigenvalue weighted by Crippen LogP contribution is 2.41. The maximum Gasteiger partial charge on any atom is 0.359 e. The molecule has 0 aliphatic carbocycles. The molecular formula is C28H28N4O4. The highest BCUT2D eigenvalue weighted by Gasteiger charge is 2.31. The first kappa shape index (κ1) is 26.2. The third-order valence-electron chi connectivity index (χ3n) is 6.16. The maximum atomic E-state index is 12.7. The van der Waals surface area contributed by atoms with Crippen molar-refractivity contribution in [1.82, 2.24) is 4.98 Å². The molecule has 0 radical (unpaired) electrons. The van der Waals surface area contributed by atoms with Crippen LogP contribution in [0.5, 0.6) is 0 Å². The van der Waals surface area contributed by atoms with E-state index in [4.69, 9.17) is 26.3 Å². The first-order valence-electron chi connectivity index (χ1n) is 11.4. The number of carbonyl (C=O) groups is 2. The van der Waals surface area contributed by atoms with E-state index >= 15 is 0 Å². The lowest BCUT2D eigenvalue weighted by atomic mass is 9.87. The average Bonchev–Trinajstić information content (AvgIpc) is 3.26. The fourth-order valence-corrected chi connectivity index (χ4v) is 4.82. The second-order valence-corrected chi connectivity index (χ2v) is 8.77. The molecule has 0 spiro atoms. The van der Waals surface area contributed by atoms with Gasteiger partial charge < -0.3 is 14.5 Å². The molecule has 8 nitrogen and oxygen atoms in total. The number of aromatic nitrogens is 1. The summed E-state index contributed by atoms with van der Waals surface area (Å²) < 4.78 is 10.2. The van der Waals surface area contributed by atoms with Crippen molar-refractivity contribution in [2.24, 2.45) is 4.99 Å². The fourth-order valence-electron chi connectivity index (χ4n) is 4.82. The Hall–Kier alpha value is -4.43. The van der Waals surface area contributed by atoms with E-state index in [1.807, 2.05) is 33.8 Å². The number of nitrogens with zero attached hydrogens (tertiary/aromatic N) is 3. The van der Waals surface area contributed by atoms with Crippen LogP contribution in [0.3, 0.4) is 0 Å². The highest BCUT2D eigenvalue weighted by atomic mass is 16.5. The number of aryl methyl sites for hydroxylation is 4. The van der Waals surface area contributed by atoms with Crippen molar-refractivity contribution in [2.75, 3.05) is 13.3 Å². The molecular weight excluding hydrogens is 456 g/mol. The van der Waals surface area contributed by atoms with Gasteiger partial charge >= 0.3 is 18.7 Å². The lowest BCUT2D eigenvalue weighted by Gasteiger charge is -2.18. The molecule has 1 aliphatic rings. The largest absolute Gasteiger partial charge is 0.447 e. The van der Waals surface area contributed by atoms with E-state index in [0.29, 0.717) is 45.1 Å². The summed E-state index contributed by atoms with van der Waals surface area (Å²) in [5.74, 6) is -1.19. The smallest absolute Gasteiger partial charge is 0.359 e.